The average Bonchev–Trinajstić information content (AvgIpc) is 2.63. The summed E-state index contributed by atoms with van der Waals surface area (Å²) in [6.45, 7) is 8.97. The van der Waals surface area contributed by atoms with E-state index in [2.05, 4.69) is 41.8 Å². The highest BCUT2D eigenvalue weighted by molar-refractivity contribution is 6.18. The predicted octanol–water partition coefficient (Wildman–Crippen LogP) is 4.26. The molecule has 1 aromatic rings. The topological polar surface area (TPSA) is 43.8 Å². The van der Waals surface area contributed by atoms with E-state index in [1.54, 1.807) is 0 Å². The molecule has 1 N–H and O–H groups in total. The lowest BCUT2D eigenvalue weighted by Crippen LogP contribution is -2.28. The maximum absolute atomic E-state index is 10.8. The fraction of sp³-hybridized carbons (Fsp3) is 0.650. The van der Waals surface area contributed by atoms with Gasteiger partial charge in [-0.2, -0.15) is 0 Å². The van der Waals surface area contributed by atoms with Crippen molar-refractivity contribution in [3.05, 3.63) is 29.3 Å². The van der Waals surface area contributed by atoms with E-state index in [1.165, 1.54) is 11.1 Å². The van der Waals surface area contributed by atoms with Crippen LogP contribution in [0.4, 0.5) is 5.69 Å². The number of anilines is 1. The molecule has 0 aliphatic carbocycles. The summed E-state index contributed by atoms with van der Waals surface area (Å²) >= 11 is 11.9. The number of nitrogens with zero attached hydrogens (tertiary/aromatic N) is 2. The molecule has 1 aromatic carbocycles. The van der Waals surface area contributed by atoms with Crippen LogP contribution in [0.3, 0.4) is 0 Å². The number of rotatable bonds is 14. The first-order valence-electron chi connectivity index (χ1n) is 9.48. The molecule has 0 aliphatic rings. The zero-order valence-corrected chi connectivity index (χ0v) is 17.5. The number of hydrogen-bond donors (Lipinski definition) is 1. The molecule has 0 radical (unpaired) electrons. The van der Waals surface area contributed by atoms with Gasteiger partial charge in [0, 0.05) is 43.5 Å². The van der Waals surface area contributed by atoms with Crippen LogP contribution in [-0.2, 0) is 17.6 Å². The van der Waals surface area contributed by atoms with Crippen LogP contribution in [0.2, 0.25) is 0 Å². The van der Waals surface area contributed by atoms with Gasteiger partial charge < -0.3 is 14.9 Å². The van der Waals surface area contributed by atoms with Crippen LogP contribution in [0.5, 0.6) is 0 Å². The normalized spacial score (nSPS) is 11.1. The maximum Gasteiger partial charge on any atom is 0.303 e. The number of carboxylic acid groups (broad SMARTS) is 1. The van der Waals surface area contributed by atoms with Gasteiger partial charge in [0.05, 0.1) is 0 Å². The Labute approximate surface area is 168 Å². The monoisotopic (exact) mass is 402 g/mol. The molecule has 0 bridgehead atoms. The summed E-state index contributed by atoms with van der Waals surface area (Å²) in [5.74, 6) is 0.389. The second kappa shape index (κ2) is 13.2. The van der Waals surface area contributed by atoms with Crippen LogP contribution in [0, 0.1) is 0 Å². The van der Waals surface area contributed by atoms with Gasteiger partial charge in [0.1, 0.15) is 0 Å². The number of benzene rings is 1. The Morgan fingerprint density at radius 1 is 1.00 bits per heavy atom. The van der Waals surface area contributed by atoms with E-state index in [9.17, 15) is 4.79 Å². The Balaban J connectivity index is 2.97. The van der Waals surface area contributed by atoms with E-state index in [-0.39, 0.29) is 6.42 Å². The van der Waals surface area contributed by atoms with E-state index >= 15 is 0 Å². The SMILES string of the molecule is CCN(CC)CCc1cc(N(CCCl)CCCl)ccc1CCCC(=O)O. The number of carbonyl (C=O) groups is 1. The van der Waals surface area contributed by atoms with Crippen LogP contribution in [-0.4, -0.2) is 60.5 Å². The molecule has 0 aliphatic heterocycles. The van der Waals surface area contributed by atoms with Crippen molar-refractivity contribution < 1.29 is 9.90 Å². The molecule has 26 heavy (non-hydrogen) atoms. The van der Waals surface area contributed by atoms with Crippen molar-refractivity contribution in [1.29, 1.82) is 0 Å². The molecular weight excluding hydrogens is 371 g/mol. The van der Waals surface area contributed by atoms with Crippen LogP contribution in [0.25, 0.3) is 0 Å². The van der Waals surface area contributed by atoms with E-state index in [1.807, 2.05) is 0 Å². The highest BCUT2D eigenvalue weighted by Gasteiger charge is 2.11. The molecule has 1 rings (SSSR count). The Hall–Kier alpha value is -0.970. The minimum atomic E-state index is -0.735. The zero-order chi connectivity index (χ0) is 19.4. The van der Waals surface area contributed by atoms with E-state index in [0.29, 0.717) is 18.2 Å². The number of aryl methyl sites for hydroxylation is 1. The van der Waals surface area contributed by atoms with Crippen molar-refractivity contribution in [3.8, 4) is 0 Å². The summed E-state index contributed by atoms with van der Waals surface area (Å²) in [4.78, 5) is 15.4. The minimum Gasteiger partial charge on any atom is -0.481 e. The summed E-state index contributed by atoms with van der Waals surface area (Å²) in [6, 6.07) is 6.49. The van der Waals surface area contributed by atoms with Crippen molar-refractivity contribution in [1.82, 2.24) is 4.90 Å². The quantitative estimate of drug-likeness (QED) is 0.472. The molecular formula is C20H32Cl2N2O2. The van der Waals surface area contributed by atoms with Crippen LogP contribution in [0.1, 0.15) is 37.8 Å². The molecule has 0 saturated carbocycles. The van der Waals surface area contributed by atoms with Gasteiger partial charge in [-0.05, 0) is 55.6 Å². The number of likely N-dealkylation sites (N-methyl/N-ethyl adjacent to an activating group) is 1. The summed E-state index contributed by atoms with van der Waals surface area (Å²) in [5.41, 5.74) is 3.69. The van der Waals surface area contributed by atoms with E-state index < -0.39 is 5.97 Å². The van der Waals surface area contributed by atoms with Gasteiger partial charge in [0.15, 0.2) is 0 Å². The lowest BCUT2D eigenvalue weighted by atomic mass is 9.98. The first-order valence-corrected chi connectivity index (χ1v) is 10.5. The third-order valence-corrected chi connectivity index (χ3v) is 5.03. The van der Waals surface area contributed by atoms with Crippen LogP contribution in [0.15, 0.2) is 18.2 Å². The van der Waals surface area contributed by atoms with Gasteiger partial charge in [-0.25, -0.2) is 0 Å². The van der Waals surface area contributed by atoms with Crippen LogP contribution >= 0.6 is 23.2 Å². The van der Waals surface area contributed by atoms with Crippen molar-refractivity contribution >= 4 is 34.9 Å². The summed E-state index contributed by atoms with van der Waals surface area (Å²) in [5, 5.41) is 8.90. The molecule has 0 fully saturated rings. The van der Waals surface area contributed by atoms with Crippen molar-refractivity contribution in [3.63, 3.8) is 0 Å². The Bertz CT molecular complexity index is 531. The van der Waals surface area contributed by atoms with Gasteiger partial charge in [-0.15, -0.1) is 23.2 Å². The molecule has 0 amide bonds. The minimum absolute atomic E-state index is 0.210. The maximum atomic E-state index is 10.8. The highest BCUT2D eigenvalue weighted by Crippen LogP contribution is 2.22. The molecule has 148 valence electrons. The predicted molar refractivity (Wildman–Crippen MR) is 112 cm³/mol. The number of aliphatic carboxylic acids is 1. The smallest absolute Gasteiger partial charge is 0.303 e. The third-order valence-electron chi connectivity index (χ3n) is 4.69. The van der Waals surface area contributed by atoms with Crippen molar-refractivity contribution in [2.24, 2.45) is 0 Å². The number of hydrogen-bond acceptors (Lipinski definition) is 3. The molecule has 0 spiro atoms. The first-order chi connectivity index (χ1) is 12.5. The fourth-order valence-corrected chi connectivity index (χ4v) is 3.52. The van der Waals surface area contributed by atoms with Gasteiger partial charge >= 0.3 is 5.97 Å². The van der Waals surface area contributed by atoms with Gasteiger partial charge in [-0.3, -0.25) is 4.79 Å². The molecule has 0 atom stereocenters. The number of halogens is 2. The lowest BCUT2D eigenvalue weighted by Gasteiger charge is -2.25. The van der Waals surface area contributed by atoms with Crippen molar-refractivity contribution in [2.45, 2.75) is 39.5 Å². The largest absolute Gasteiger partial charge is 0.481 e. The zero-order valence-electron chi connectivity index (χ0n) is 16.0. The number of carboxylic acids is 1. The van der Waals surface area contributed by atoms with E-state index in [0.717, 1.165) is 51.3 Å². The van der Waals surface area contributed by atoms with Gasteiger partial charge in [0.2, 0.25) is 0 Å². The molecule has 0 aromatic heterocycles. The van der Waals surface area contributed by atoms with Gasteiger partial charge in [-0.1, -0.05) is 19.9 Å². The van der Waals surface area contributed by atoms with Crippen LogP contribution < -0.4 is 4.90 Å². The highest BCUT2D eigenvalue weighted by atomic mass is 35.5. The third kappa shape index (κ3) is 8.15. The summed E-state index contributed by atoms with van der Waals surface area (Å²) in [6.07, 6.45) is 2.64. The molecule has 6 heteroatoms. The second-order valence-corrected chi connectivity index (χ2v) is 7.10. The Morgan fingerprint density at radius 2 is 1.65 bits per heavy atom. The lowest BCUT2D eigenvalue weighted by molar-refractivity contribution is -0.137. The molecule has 4 nitrogen and oxygen atoms in total. The molecule has 0 heterocycles. The Kier molecular flexibility index (Phi) is 11.7. The Morgan fingerprint density at radius 3 is 2.19 bits per heavy atom. The van der Waals surface area contributed by atoms with Gasteiger partial charge in [0.25, 0.3) is 0 Å². The first kappa shape index (κ1) is 23.1. The standard InChI is InChI=1S/C20H32Cl2N2O2/c1-3-23(4-2)13-10-18-16-19(24(14-11-21)15-12-22)9-8-17(18)6-5-7-20(25)26/h8-9,16H,3-7,10-15H2,1-2H3,(H,25,26). The number of alkyl halides is 2. The fourth-order valence-electron chi connectivity index (χ4n) is 3.11. The summed E-state index contributed by atoms with van der Waals surface area (Å²) < 4.78 is 0. The van der Waals surface area contributed by atoms with E-state index in [4.69, 9.17) is 28.3 Å². The average molecular weight is 403 g/mol. The van der Waals surface area contributed by atoms with Crippen molar-refractivity contribution in [2.75, 3.05) is 49.4 Å². The summed E-state index contributed by atoms with van der Waals surface area (Å²) in [7, 11) is 0. The molecule has 0 saturated heterocycles. The molecule has 0 unspecified atom stereocenters. The second-order valence-electron chi connectivity index (χ2n) is 6.34.